The Morgan fingerprint density at radius 2 is 2.10 bits per heavy atom. The van der Waals surface area contributed by atoms with Gasteiger partial charge in [0.2, 0.25) is 0 Å². The molecule has 2 rings (SSSR count). The summed E-state index contributed by atoms with van der Waals surface area (Å²) in [6.45, 7) is 10.6. The Labute approximate surface area is 127 Å². The number of hydrogen-bond acceptors (Lipinski definition) is 4. The third kappa shape index (κ3) is 3.23. The van der Waals surface area contributed by atoms with Gasteiger partial charge in [-0.1, -0.05) is 27.7 Å². The van der Waals surface area contributed by atoms with Gasteiger partial charge in [0.25, 0.3) is 0 Å². The summed E-state index contributed by atoms with van der Waals surface area (Å²) in [5, 5.41) is 7.18. The molecular weight excluding hydrogens is 268 g/mol. The molecule has 0 radical (unpaired) electrons. The van der Waals surface area contributed by atoms with Crippen molar-refractivity contribution in [3.05, 3.63) is 16.1 Å². The summed E-state index contributed by atoms with van der Waals surface area (Å²) in [7, 11) is 1.79. The van der Waals surface area contributed by atoms with Crippen LogP contribution in [-0.4, -0.2) is 25.2 Å². The summed E-state index contributed by atoms with van der Waals surface area (Å²) in [4.78, 5) is 4.96. The van der Waals surface area contributed by atoms with Crippen LogP contribution in [-0.2, 0) is 15.7 Å². The van der Waals surface area contributed by atoms with E-state index in [0.717, 1.165) is 19.6 Å². The van der Waals surface area contributed by atoms with Gasteiger partial charge in [0.15, 0.2) is 0 Å². The topological polar surface area (TPSA) is 34.1 Å². The smallest absolute Gasteiger partial charge is 0.116 e. The van der Waals surface area contributed by atoms with Crippen LogP contribution in [0.25, 0.3) is 0 Å². The number of nitrogens with one attached hydrogen (secondary N) is 1. The van der Waals surface area contributed by atoms with Crippen molar-refractivity contribution in [1.82, 2.24) is 10.3 Å². The first-order valence-electron chi connectivity index (χ1n) is 7.64. The molecule has 114 valence electrons. The summed E-state index contributed by atoms with van der Waals surface area (Å²) in [5.74, 6) is 0.674. The van der Waals surface area contributed by atoms with Crippen molar-refractivity contribution < 1.29 is 4.74 Å². The van der Waals surface area contributed by atoms with E-state index in [9.17, 15) is 0 Å². The van der Waals surface area contributed by atoms with Crippen LogP contribution in [0, 0.1) is 5.92 Å². The van der Waals surface area contributed by atoms with E-state index in [1.807, 2.05) is 0 Å². The second-order valence-electron chi connectivity index (χ2n) is 6.89. The lowest BCUT2D eigenvalue weighted by Gasteiger charge is -2.33. The van der Waals surface area contributed by atoms with E-state index in [0.29, 0.717) is 5.92 Å². The molecule has 1 saturated carbocycles. The molecule has 0 aliphatic heterocycles. The predicted molar refractivity (Wildman–Crippen MR) is 85.4 cm³/mol. The number of thiazole rings is 1. The van der Waals surface area contributed by atoms with Crippen LogP contribution in [0.1, 0.15) is 57.7 Å². The molecule has 0 amide bonds. The molecule has 1 aromatic rings. The fraction of sp³-hybridized carbons (Fsp3) is 0.812. The van der Waals surface area contributed by atoms with Crippen molar-refractivity contribution >= 4 is 11.3 Å². The lowest BCUT2D eigenvalue weighted by atomic mass is 9.92. The molecule has 1 fully saturated rings. The van der Waals surface area contributed by atoms with E-state index in [1.165, 1.54) is 23.5 Å². The maximum Gasteiger partial charge on any atom is 0.116 e. The quantitative estimate of drug-likeness (QED) is 0.833. The molecule has 0 bridgehead atoms. The van der Waals surface area contributed by atoms with Crippen LogP contribution in [0.2, 0.25) is 0 Å². The maximum absolute atomic E-state index is 5.56. The van der Waals surface area contributed by atoms with Crippen molar-refractivity contribution in [2.24, 2.45) is 5.92 Å². The molecule has 0 aromatic carbocycles. The van der Waals surface area contributed by atoms with E-state index in [-0.39, 0.29) is 11.0 Å². The van der Waals surface area contributed by atoms with Gasteiger partial charge in [-0.15, -0.1) is 11.3 Å². The monoisotopic (exact) mass is 296 g/mol. The molecule has 0 saturated heterocycles. The first kappa shape index (κ1) is 15.9. The molecule has 1 aliphatic rings. The van der Waals surface area contributed by atoms with Crippen LogP contribution < -0.4 is 5.32 Å². The van der Waals surface area contributed by atoms with Gasteiger partial charge in [-0.3, -0.25) is 0 Å². The maximum atomic E-state index is 5.56. The van der Waals surface area contributed by atoms with Crippen LogP contribution >= 0.6 is 11.3 Å². The number of ether oxygens (including phenoxy) is 1. The standard InChI is InChI=1S/C16H28N2OS/c1-6-9-17-16(11-19-5,12-7-8-12)14-18-13(10-20-14)15(2,3)4/h10,12,17H,6-9,11H2,1-5H3. The lowest BCUT2D eigenvalue weighted by molar-refractivity contribution is 0.0924. The van der Waals surface area contributed by atoms with Crippen LogP contribution in [0.3, 0.4) is 0 Å². The van der Waals surface area contributed by atoms with Gasteiger partial charge in [0.1, 0.15) is 5.01 Å². The Bertz CT molecular complexity index is 434. The number of aromatic nitrogens is 1. The fourth-order valence-corrected chi connectivity index (χ4v) is 3.89. The van der Waals surface area contributed by atoms with Crippen LogP contribution in [0.5, 0.6) is 0 Å². The van der Waals surface area contributed by atoms with Crippen LogP contribution in [0.4, 0.5) is 0 Å². The summed E-state index contributed by atoms with van der Waals surface area (Å²) in [6.07, 6.45) is 3.70. The zero-order valence-corrected chi connectivity index (χ0v) is 14.3. The molecule has 3 nitrogen and oxygen atoms in total. The minimum absolute atomic E-state index is 0.0705. The fourth-order valence-electron chi connectivity index (χ4n) is 2.60. The average Bonchev–Trinajstić information content (AvgIpc) is 3.10. The van der Waals surface area contributed by atoms with Crippen molar-refractivity contribution in [2.45, 2.75) is 57.9 Å². The number of hydrogen-bond donors (Lipinski definition) is 1. The van der Waals surface area contributed by atoms with Crippen LogP contribution in [0.15, 0.2) is 5.38 Å². The first-order chi connectivity index (χ1) is 9.44. The number of rotatable bonds is 7. The second kappa shape index (κ2) is 6.12. The largest absolute Gasteiger partial charge is 0.382 e. The Kier molecular flexibility index (Phi) is 4.88. The Hall–Kier alpha value is -0.450. The van der Waals surface area contributed by atoms with Gasteiger partial charge >= 0.3 is 0 Å². The molecule has 1 aliphatic carbocycles. The third-order valence-corrected chi connectivity index (χ3v) is 5.01. The first-order valence-corrected chi connectivity index (χ1v) is 8.52. The van der Waals surface area contributed by atoms with E-state index < -0.39 is 0 Å². The predicted octanol–water partition coefficient (Wildman–Crippen LogP) is 3.69. The summed E-state index contributed by atoms with van der Waals surface area (Å²) in [5.41, 5.74) is 1.23. The van der Waals surface area contributed by atoms with Crippen molar-refractivity contribution in [1.29, 1.82) is 0 Å². The zero-order chi connectivity index (χ0) is 14.8. The van der Waals surface area contributed by atoms with Gasteiger partial charge in [-0.05, 0) is 31.7 Å². The van der Waals surface area contributed by atoms with Gasteiger partial charge < -0.3 is 10.1 Å². The Morgan fingerprint density at radius 3 is 2.55 bits per heavy atom. The summed E-state index contributed by atoms with van der Waals surface area (Å²) in [6, 6.07) is 0. The molecule has 0 spiro atoms. The summed E-state index contributed by atoms with van der Waals surface area (Å²) >= 11 is 1.79. The molecule has 20 heavy (non-hydrogen) atoms. The molecule has 1 atom stereocenters. The summed E-state index contributed by atoms with van der Waals surface area (Å²) < 4.78 is 5.56. The van der Waals surface area contributed by atoms with Crippen molar-refractivity contribution in [3.8, 4) is 0 Å². The Morgan fingerprint density at radius 1 is 1.40 bits per heavy atom. The van der Waals surface area contributed by atoms with E-state index >= 15 is 0 Å². The van der Waals surface area contributed by atoms with Crippen molar-refractivity contribution in [3.63, 3.8) is 0 Å². The lowest BCUT2D eigenvalue weighted by Crippen LogP contribution is -2.48. The van der Waals surface area contributed by atoms with Gasteiger partial charge in [0.05, 0.1) is 17.8 Å². The number of nitrogens with zero attached hydrogens (tertiary/aromatic N) is 1. The van der Waals surface area contributed by atoms with Gasteiger partial charge in [-0.2, -0.15) is 0 Å². The third-order valence-electron chi connectivity index (χ3n) is 3.99. The normalized spacial score (nSPS) is 19.1. The van der Waals surface area contributed by atoms with E-state index in [2.05, 4.69) is 38.4 Å². The van der Waals surface area contributed by atoms with Crippen molar-refractivity contribution in [2.75, 3.05) is 20.3 Å². The second-order valence-corrected chi connectivity index (χ2v) is 7.75. The highest BCUT2D eigenvalue weighted by Gasteiger charge is 2.48. The highest BCUT2D eigenvalue weighted by molar-refractivity contribution is 7.09. The van der Waals surface area contributed by atoms with Gasteiger partial charge in [-0.25, -0.2) is 4.98 Å². The SMILES string of the molecule is CCCNC(COC)(c1nc(C(C)(C)C)cs1)C1CC1. The Balaban J connectivity index is 2.31. The highest BCUT2D eigenvalue weighted by atomic mass is 32.1. The van der Waals surface area contributed by atoms with E-state index in [4.69, 9.17) is 9.72 Å². The molecule has 4 heteroatoms. The van der Waals surface area contributed by atoms with E-state index in [1.54, 1.807) is 18.4 Å². The highest BCUT2D eigenvalue weighted by Crippen LogP contribution is 2.47. The molecular formula is C16H28N2OS. The molecule has 1 heterocycles. The molecule has 1 N–H and O–H groups in total. The van der Waals surface area contributed by atoms with Gasteiger partial charge in [0, 0.05) is 17.9 Å². The molecule has 1 aromatic heterocycles. The average molecular weight is 296 g/mol. The zero-order valence-electron chi connectivity index (χ0n) is 13.5. The minimum atomic E-state index is -0.0705. The minimum Gasteiger partial charge on any atom is -0.382 e. The molecule has 1 unspecified atom stereocenters. The number of methoxy groups -OCH3 is 1.